The van der Waals surface area contributed by atoms with E-state index in [9.17, 15) is 13.6 Å². The van der Waals surface area contributed by atoms with E-state index in [1.54, 1.807) is 12.1 Å². The van der Waals surface area contributed by atoms with E-state index in [0.29, 0.717) is 11.1 Å². The molecule has 0 radical (unpaired) electrons. The van der Waals surface area contributed by atoms with Gasteiger partial charge in [0.1, 0.15) is 5.52 Å². The highest BCUT2D eigenvalue weighted by Crippen LogP contribution is 2.31. The van der Waals surface area contributed by atoms with E-state index in [0.717, 1.165) is 5.69 Å². The molecule has 28 heavy (non-hydrogen) atoms. The van der Waals surface area contributed by atoms with Crippen LogP contribution in [0.25, 0.3) is 16.6 Å². The molecule has 1 amide bonds. The molecule has 1 N–H and O–H groups in total. The van der Waals surface area contributed by atoms with Crippen LogP contribution < -0.4 is 10.1 Å². The van der Waals surface area contributed by atoms with Crippen LogP contribution in [0.3, 0.4) is 0 Å². The highest BCUT2D eigenvalue weighted by Gasteiger charge is 2.16. The van der Waals surface area contributed by atoms with Crippen LogP contribution in [0, 0.1) is 0 Å². The first-order valence-corrected chi connectivity index (χ1v) is 8.23. The van der Waals surface area contributed by atoms with Gasteiger partial charge in [0.15, 0.2) is 11.4 Å². The summed E-state index contributed by atoms with van der Waals surface area (Å²) >= 11 is 0. The van der Waals surface area contributed by atoms with Crippen LogP contribution in [0.2, 0.25) is 0 Å². The van der Waals surface area contributed by atoms with Gasteiger partial charge in [0.25, 0.3) is 5.91 Å². The summed E-state index contributed by atoms with van der Waals surface area (Å²) in [6, 6.07) is 15.3. The predicted molar refractivity (Wildman–Crippen MR) is 97.7 cm³/mol. The van der Waals surface area contributed by atoms with Gasteiger partial charge in [-0.1, -0.05) is 23.4 Å². The minimum atomic E-state index is -2.97. The molecule has 7 nitrogen and oxygen atoms in total. The number of benzene rings is 2. The molecule has 140 valence electrons. The largest absolute Gasteiger partial charge is 0.432 e. The molecule has 0 unspecified atom stereocenters. The van der Waals surface area contributed by atoms with E-state index < -0.39 is 12.5 Å². The molecule has 0 aliphatic rings. The number of ether oxygens (including phenoxy) is 1. The number of carbonyl (C=O) groups excluding carboxylic acids is 1. The smallest absolute Gasteiger partial charge is 0.387 e. The van der Waals surface area contributed by atoms with Crippen molar-refractivity contribution in [3.05, 3.63) is 72.7 Å². The summed E-state index contributed by atoms with van der Waals surface area (Å²) in [4.78, 5) is 16.6. The van der Waals surface area contributed by atoms with E-state index in [1.807, 2.05) is 30.3 Å². The van der Waals surface area contributed by atoms with Crippen molar-refractivity contribution in [2.24, 2.45) is 0 Å². The zero-order valence-electron chi connectivity index (χ0n) is 14.3. The lowest BCUT2D eigenvalue weighted by Crippen LogP contribution is -2.13. The number of fused-ring (bicyclic) bond motifs is 1. The molecule has 0 saturated carbocycles. The molecule has 2 aromatic heterocycles. The van der Waals surface area contributed by atoms with Crippen LogP contribution in [0.5, 0.6) is 5.75 Å². The van der Waals surface area contributed by atoms with E-state index in [1.165, 1.54) is 29.2 Å². The van der Waals surface area contributed by atoms with Crippen molar-refractivity contribution in [1.82, 2.24) is 20.0 Å². The summed E-state index contributed by atoms with van der Waals surface area (Å²) in [5.41, 5.74) is 1.48. The molecule has 0 fully saturated rings. The normalized spacial score (nSPS) is 11.0. The first-order valence-electron chi connectivity index (χ1n) is 8.23. The SMILES string of the molecule is O=C(Nc1ccc(OC(F)F)c2ncccc12)c1cn(-c2ccccc2)nn1. The molecule has 2 aromatic carbocycles. The number of amides is 1. The lowest BCUT2D eigenvalue weighted by molar-refractivity contribution is -0.0489. The molecule has 2 heterocycles. The zero-order chi connectivity index (χ0) is 19.5. The summed E-state index contributed by atoms with van der Waals surface area (Å²) in [7, 11) is 0. The number of hydrogen-bond donors (Lipinski definition) is 1. The average molecular weight is 381 g/mol. The number of carbonyl (C=O) groups is 1. The van der Waals surface area contributed by atoms with Gasteiger partial charge in [-0.15, -0.1) is 5.10 Å². The quantitative estimate of drug-likeness (QED) is 0.570. The maximum atomic E-state index is 12.6. The van der Waals surface area contributed by atoms with E-state index >= 15 is 0 Å². The van der Waals surface area contributed by atoms with E-state index in [4.69, 9.17) is 0 Å². The predicted octanol–water partition coefficient (Wildman–Crippen LogP) is 3.67. The molecule has 0 atom stereocenters. The minimum Gasteiger partial charge on any atom is -0.432 e. The fourth-order valence-corrected chi connectivity index (χ4v) is 2.71. The van der Waals surface area contributed by atoms with Crippen LogP contribution in [0.4, 0.5) is 14.5 Å². The third-order valence-electron chi connectivity index (χ3n) is 3.94. The minimum absolute atomic E-state index is 0.0707. The number of nitrogens with one attached hydrogen (secondary N) is 1. The maximum Gasteiger partial charge on any atom is 0.387 e. The summed E-state index contributed by atoms with van der Waals surface area (Å²) in [6.07, 6.45) is 2.96. The van der Waals surface area contributed by atoms with Crippen molar-refractivity contribution in [1.29, 1.82) is 0 Å². The van der Waals surface area contributed by atoms with Gasteiger partial charge < -0.3 is 10.1 Å². The Morgan fingerprint density at radius 2 is 1.89 bits per heavy atom. The molecule has 0 spiro atoms. The van der Waals surface area contributed by atoms with Crippen molar-refractivity contribution in [3.8, 4) is 11.4 Å². The zero-order valence-corrected chi connectivity index (χ0v) is 14.3. The lowest BCUT2D eigenvalue weighted by atomic mass is 10.1. The molecule has 0 aliphatic heterocycles. The van der Waals surface area contributed by atoms with Crippen LogP contribution >= 0.6 is 0 Å². The van der Waals surface area contributed by atoms with Crippen LogP contribution in [-0.2, 0) is 0 Å². The molecular formula is C19H13F2N5O2. The number of nitrogens with zero attached hydrogens (tertiary/aromatic N) is 4. The Kier molecular flexibility index (Phi) is 4.63. The lowest BCUT2D eigenvalue weighted by Gasteiger charge is -2.11. The summed E-state index contributed by atoms with van der Waals surface area (Å²) in [6.45, 7) is -2.97. The second-order valence-electron chi connectivity index (χ2n) is 5.73. The van der Waals surface area contributed by atoms with Crippen molar-refractivity contribution < 1.29 is 18.3 Å². The van der Waals surface area contributed by atoms with Crippen molar-refractivity contribution in [2.75, 3.05) is 5.32 Å². The maximum absolute atomic E-state index is 12.6. The van der Waals surface area contributed by atoms with Gasteiger partial charge in [0, 0.05) is 11.6 Å². The van der Waals surface area contributed by atoms with Crippen molar-refractivity contribution >= 4 is 22.5 Å². The summed E-state index contributed by atoms with van der Waals surface area (Å²) in [5.74, 6) is -0.562. The summed E-state index contributed by atoms with van der Waals surface area (Å²) < 4.78 is 31.1. The molecule has 0 bridgehead atoms. The Morgan fingerprint density at radius 3 is 2.68 bits per heavy atom. The molecule has 0 saturated heterocycles. The van der Waals surface area contributed by atoms with Gasteiger partial charge >= 0.3 is 6.61 Å². The van der Waals surface area contributed by atoms with Gasteiger partial charge in [0.05, 0.1) is 17.6 Å². The number of para-hydroxylation sites is 1. The Bertz CT molecular complexity index is 1130. The molecule has 4 aromatic rings. The van der Waals surface area contributed by atoms with Crippen molar-refractivity contribution in [3.63, 3.8) is 0 Å². The first-order chi connectivity index (χ1) is 13.6. The number of pyridine rings is 1. The standard InChI is InChI=1S/C19H13F2N5O2/c20-19(21)28-16-9-8-14(13-7-4-10-22-17(13)16)23-18(27)15-11-26(25-24-15)12-5-2-1-3-6-12/h1-11,19H,(H,23,27). The average Bonchev–Trinajstić information content (AvgIpc) is 3.21. The van der Waals surface area contributed by atoms with Gasteiger partial charge in [-0.25, -0.2) is 4.68 Å². The Balaban J connectivity index is 1.62. The highest BCUT2D eigenvalue weighted by atomic mass is 19.3. The fraction of sp³-hybridized carbons (Fsp3) is 0.0526. The highest BCUT2D eigenvalue weighted by molar-refractivity contribution is 6.08. The monoisotopic (exact) mass is 381 g/mol. The molecule has 0 aliphatic carbocycles. The second-order valence-corrected chi connectivity index (χ2v) is 5.73. The number of rotatable bonds is 5. The van der Waals surface area contributed by atoms with Crippen LogP contribution in [0.15, 0.2) is 67.0 Å². The van der Waals surface area contributed by atoms with Gasteiger partial charge in [-0.2, -0.15) is 8.78 Å². The number of aromatic nitrogens is 4. The van der Waals surface area contributed by atoms with Crippen LogP contribution in [-0.4, -0.2) is 32.5 Å². The molecule has 4 rings (SSSR count). The van der Waals surface area contributed by atoms with Gasteiger partial charge in [-0.05, 0) is 36.4 Å². The number of anilines is 1. The third kappa shape index (κ3) is 3.50. The number of alkyl halides is 2. The van der Waals surface area contributed by atoms with Gasteiger partial charge in [0.2, 0.25) is 0 Å². The van der Waals surface area contributed by atoms with Crippen LogP contribution in [0.1, 0.15) is 10.5 Å². The topological polar surface area (TPSA) is 81.9 Å². The van der Waals surface area contributed by atoms with E-state index in [2.05, 4.69) is 25.3 Å². The number of halogens is 2. The molecular weight excluding hydrogens is 368 g/mol. The summed E-state index contributed by atoms with van der Waals surface area (Å²) in [5, 5.41) is 11.0. The van der Waals surface area contributed by atoms with E-state index in [-0.39, 0.29) is 17.0 Å². The Labute approximate surface area is 157 Å². The Hall–Kier alpha value is -3.88. The molecule has 9 heteroatoms. The van der Waals surface area contributed by atoms with Gasteiger partial charge in [-0.3, -0.25) is 9.78 Å². The third-order valence-corrected chi connectivity index (χ3v) is 3.94. The van der Waals surface area contributed by atoms with Crippen molar-refractivity contribution in [2.45, 2.75) is 6.61 Å². The Morgan fingerprint density at radius 1 is 1.07 bits per heavy atom. The fourth-order valence-electron chi connectivity index (χ4n) is 2.71. The first kappa shape index (κ1) is 17.5. The number of hydrogen-bond acceptors (Lipinski definition) is 5. The second kappa shape index (κ2) is 7.39.